The molecule has 0 saturated heterocycles. The summed E-state index contributed by atoms with van der Waals surface area (Å²) in [4.78, 5) is -0.292. The fourth-order valence-electron chi connectivity index (χ4n) is 1.41. The topological polar surface area (TPSA) is 85.1 Å². The number of rotatable bonds is 4. The summed E-state index contributed by atoms with van der Waals surface area (Å²) in [6, 6.07) is 0. The van der Waals surface area contributed by atoms with E-state index in [9.17, 15) is 21.6 Å². The largest absolute Gasteiger partial charge is 0.405 e. The molecule has 18 heavy (non-hydrogen) atoms. The number of halogens is 3. The Kier molecular flexibility index (Phi) is 3.18. The Bertz CT molecular complexity index is 548. The van der Waals surface area contributed by atoms with Gasteiger partial charge in [-0.3, -0.25) is 0 Å². The summed E-state index contributed by atoms with van der Waals surface area (Å²) in [7, 11) is -3.66. The molecule has 1 aromatic heterocycles. The highest BCUT2D eigenvalue weighted by Crippen LogP contribution is 2.41. The van der Waals surface area contributed by atoms with Crippen LogP contribution >= 0.6 is 11.5 Å². The molecular formula is C8H10F3N3O2S2. The molecule has 3 N–H and O–H groups in total. The maximum Gasteiger partial charge on any atom is 0.405 e. The van der Waals surface area contributed by atoms with Crippen LogP contribution < -0.4 is 11.1 Å². The maximum absolute atomic E-state index is 12.1. The number of nitrogens with two attached hydrogens (primary N) is 1. The van der Waals surface area contributed by atoms with Gasteiger partial charge in [-0.05, 0) is 24.4 Å². The molecule has 0 aliphatic heterocycles. The van der Waals surface area contributed by atoms with Gasteiger partial charge in [0.05, 0.1) is 5.25 Å². The van der Waals surface area contributed by atoms with Crippen LogP contribution in [-0.4, -0.2) is 30.8 Å². The fourth-order valence-corrected chi connectivity index (χ4v) is 4.29. The van der Waals surface area contributed by atoms with E-state index in [1.807, 2.05) is 5.32 Å². The van der Waals surface area contributed by atoms with Crippen LogP contribution in [0.25, 0.3) is 0 Å². The third kappa shape index (κ3) is 2.69. The monoisotopic (exact) mass is 301 g/mol. The Morgan fingerprint density at radius 1 is 1.44 bits per heavy atom. The van der Waals surface area contributed by atoms with Gasteiger partial charge in [0.15, 0.2) is 15.7 Å². The third-order valence-corrected chi connectivity index (χ3v) is 5.65. The van der Waals surface area contributed by atoms with Crippen LogP contribution in [0.15, 0.2) is 4.90 Å². The minimum absolute atomic E-state index is 0.142. The molecule has 0 atom stereocenters. The second kappa shape index (κ2) is 4.26. The molecule has 102 valence electrons. The fraction of sp³-hybridized carbons (Fsp3) is 0.625. The van der Waals surface area contributed by atoms with E-state index < -0.39 is 27.8 Å². The van der Waals surface area contributed by atoms with E-state index in [0.717, 1.165) is 0 Å². The van der Waals surface area contributed by atoms with E-state index in [-0.39, 0.29) is 15.7 Å². The molecule has 0 spiro atoms. The first-order valence-electron chi connectivity index (χ1n) is 5.01. The van der Waals surface area contributed by atoms with Crippen molar-refractivity contribution in [3.63, 3.8) is 0 Å². The number of nitrogens with zero attached hydrogens (tertiary/aromatic N) is 1. The van der Waals surface area contributed by atoms with Crippen LogP contribution in [0.2, 0.25) is 0 Å². The zero-order valence-electron chi connectivity index (χ0n) is 8.99. The average Bonchev–Trinajstić information content (AvgIpc) is 2.99. The normalized spacial score (nSPS) is 16.8. The molecule has 0 bridgehead atoms. The molecule has 1 aliphatic rings. The van der Waals surface area contributed by atoms with Crippen LogP contribution in [-0.2, 0) is 9.84 Å². The number of hydrogen-bond donors (Lipinski definition) is 2. The van der Waals surface area contributed by atoms with Gasteiger partial charge in [0.25, 0.3) is 0 Å². The van der Waals surface area contributed by atoms with Crippen molar-refractivity contribution >= 4 is 32.2 Å². The lowest BCUT2D eigenvalue weighted by Gasteiger charge is -2.09. The molecule has 1 fully saturated rings. The van der Waals surface area contributed by atoms with E-state index in [2.05, 4.69) is 4.37 Å². The van der Waals surface area contributed by atoms with Gasteiger partial charge in [-0.1, -0.05) is 0 Å². The number of nitrogen functional groups attached to an aromatic ring is 1. The number of anilines is 2. The van der Waals surface area contributed by atoms with E-state index in [1.165, 1.54) is 0 Å². The summed E-state index contributed by atoms with van der Waals surface area (Å²) in [5.41, 5.74) is 5.43. The minimum atomic E-state index is -4.43. The molecule has 1 aromatic rings. The van der Waals surface area contributed by atoms with Crippen molar-refractivity contribution in [1.82, 2.24) is 4.37 Å². The van der Waals surface area contributed by atoms with E-state index >= 15 is 0 Å². The zero-order valence-corrected chi connectivity index (χ0v) is 10.6. The van der Waals surface area contributed by atoms with Gasteiger partial charge in [0, 0.05) is 0 Å². The standard InChI is InChI=1S/C8H10F3N3O2S2/c9-8(10,11)3-13-7-5(6(12)14-17-7)18(15,16)4-1-2-4/h4,13H,1-3H2,(H2,12,14). The predicted octanol–water partition coefficient (Wildman–Crippen LogP) is 1.64. The Hall–Kier alpha value is -1.03. The quantitative estimate of drug-likeness (QED) is 0.883. The van der Waals surface area contributed by atoms with Crippen molar-refractivity contribution < 1.29 is 21.6 Å². The smallest absolute Gasteiger partial charge is 0.382 e. The molecular weight excluding hydrogens is 291 g/mol. The second-order valence-corrected chi connectivity index (χ2v) is 6.88. The first-order chi connectivity index (χ1) is 8.22. The zero-order chi connectivity index (χ0) is 13.6. The lowest BCUT2D eigenvalue weighted by molar-refractivity contribution is -0.115. The molecule has 2 rings (SSSR count). The number of alkyl halides is 3. The van der Waals surface area contributed by atoms with Crippen LogP contribution in [0.3, 0.4) is 0 Å². The lowest BCUT2D eigenvalue weighted by atomic mass is 10.5. The molecule has 0 unspecified atom stereocenters. The van der Waals surface area contributed by atoms with Crippen molar-refractivity contribution in [2.75, 3.05) is 17.6 Å². The molecule has 10 heteroatoms. The number of nitrogens with one attached hydrogen (secondary N) is 1. The van der Waals surface area contributed by atoms with Crippen molar-refractivity contribution in [3.05, 3.63) is 0 Å². The predicted molar refractivity (Wildman–Crippen MR) is 61.3 cm³/mol. The van der Waals surface area contributed by atoms with Crippen LogP contribution in [0.4, 0.5) is 24.0 Å². The van der Waals surface area contributed by atoms with Crippen LogP contribution in [0.1, 0.15) is 12.8 Å². The molecule has 1 heterocycles. The van der Waals surface area contributed by atoms with Crippen LogP contribution in [0.5, 0.6) is 0 Å². The molecule has 1 aliphatic carbocycles. The molecule has 0 aromatic carbocycles. The SMILES string of the molecule is Nc1nsc(NCC(F)(F)F)c1S(=O)(=O)C1CC1. The highest BCUT2D eigenvalue weighted by Gasteiger charge is 2.41. The summed E-state index contributed by atoms with van der Waals surface area (Å²) in [6.07, 6.45) is -3.41. The van der Waals surface area contributed by atoms with Gasteiger partial charge in [-0.15, -0.1) is 0 Å². The Labute approximate surface area is 105 Å². The third-order valence-electron chi connectivity index (χ3n) is 2.37. The Morgan fingerprint density at radius 2 is 2.06 bits per heavy atom. The Morgan fingerprint density at radius 3 is 2.56 bits per heavy atom. The van der Waals surface area contributed by atoms with E-state index in [1.54, 1.807) is 0 Å². The van der Waals surface area contributed by atoms with Crippen molar-refractivity contribution in [1.29, 1.82) is 0 Å². The van der Waals surface area contributed by atoms with E-state index in [0.29, 0.717) is 24.4 Å². The van der Waals surface area contributed by atoms with Crippen LogP contribution in [0, 0.1) is 0 Å². The Balaban J connectivity index is 2.28. The van der Waals surface area contributed by atoms with E-state index in [4.69, 9.17) is 5.73 Å². The molecule has 5 nitrogen and oxygen atoms in total. The van der Waals surface area contributed by atoms with Gasteiger partial charge >= 0.3 is 6.18 Å². The highest BCUT2D eigenvalue weighted by atomic mass is 32.2. The molecule has 0 radical (unpaired) electrons. The average molecular weight is 301 g/mol. The molecule has 1 saturated carbocycles. The lowest BCUT2D eigenvalue weighted by Crippen LogP contribution is -2.22. The van der Waals surface area contributed by atoms with Crippen molar-refractivity contribution in [3.8, 4) is 0 Å². The molecule has 0 amide bonds. The van der Waals surface area contributed by atoms with Gasteiger partial charge in [-0.25, -0.2) is 8.42 Å². The maximum atomic E-state index is 12.1. The van der Waals surface area contributed by atoms with Gasteiger partial charge in [-0.2, -0.15) is 17.5 Å². The van der Waals surface area contributed by atoms with Crippen molar-refractivity contribution in [2.45, 2.75) is 29.2 Å². The summed E-state index contributed by atoms with van der Waals surface area (Å²) in [5, 5.41) is 1.35. The van der Waals surface area contributed by atoms with Gasteiger partial charge < -0.3 is 11.1 Å². The minimum Gasteiger partial charge on any atom is -0.382 e. The number of sulfone groups is 1. The van der Waals surface area contributed by atoms with Gasteiger partial charge in [0.2, 0.25) is 0 Å². The first-order valence-corrected chi connectivity index (χ1v) is 7.33. The van der Waals surface area contributed by atoms with Crippen molar-refractivity contribution in [2.24, 2.45) is 0 Å². The first kappa shape index (κ1) is 13.4. The highest BCUT2D eigenvalue weighted by molar-refractivity contribution is 7.92. The second-order valence-electron chi connectivity index (χ2n) is 3.94. The number of aromatic nitrogens is 1. The number of hydrogen-bond acceptors (Lipinski definition) is 6. The summed E-state index contributed by atoms with van der Waals surface area (Å²) in [5.74, 6) is -0.239. The van der Waals surface area contributed by atoms with Gasteiger partial charge in [0.1, 0.15) is 16.4 Å². The summed E-state index contributed by atoms with van der Waals surface area (Å²) in [6.45, 7) is -1.32. The summed E-state index contributed by atoms with van der Waals surface area (Å²) >= 11 is 0.624. The summed E-state index contributed by atoms with van der Waals surface area (Å²) < 4.78 is 63.8.